The first-order chi connectivity index (χ1) is 16.6. The molecule has 0 radical (unpaired) electrons. The van der Waals surface area contributed by atoms with Gasteiger partial charge in [-0.1, -0.05) is 72.3 Å². The molecule has 1 aliphatic heterocycles. The number of amides is 2. The van der Waals surface area contributed by atoms with E-state index in [-0.39, 0.29) is 11.6 Å². The number of carbonyl (C=O) groups excluding carboxylic acids is 2. The molecule has 168 valence electrons. The van der Waals surface area contributed by atoms with E-state index < -0.39 is 5.91 Å². The molecule has 1 N–H and O–H groups in total. The van der Waals surface area contributed by atoms with E-state index in [1.165, 1.54) is 4.90 Å². The fourth-order valence-electron chi connectivity index (χ4n) is 4.23. The molecule has 4 aromatic rings. The van der Waals surface area contributed by atoms with E-state index in [0.717, 1.165) is 16.3 Å². The van der Waals surface area contributed by atoms with Crippen LogP contribution in [0.15, 0.2) is 96.7 Å². The molecule has 0 aliphatic carbocycles. The normalized spacial score (nSPS) is 13.6. The SMILES string of the molecule is CCOc1cccc(NC2=C(c3ccc(C)cc3)C(=O)N(c3cccc4ccccc34)C2=O)c1. The minimum atomic E-state index is -0.390. The second-order valence-corrected chi connectivity index (χ2v) is 8.15. The molecule has 1 heterocycles. The zero-order valence-corrected chi connectivity index (χ0v) is 19.0. The zero-order chi connectivity index (χ0) is 23.7. The molecule has 2 amide bonds. The number of benzene rings is 4. The molecular weight excluding hydrogens is 424 g/mol. The third-order valence-corrected chi connectivity index (χ3v) is 5.85. The Morgan fingerprint density at radius 1 is 0.824 bits per heavy atom. The minimum Gasteiger partial charge on any atom is -0.494 e. The number of ether oxygens (including phenoxy) is 1. The van der Waals surface area contributed by atoms with Crippen LogP contribution in [0.4, 0.5) is 11.4 Å². The molecule has 34 heavy (non-hydrogen) atoms. The monoisotopic (exact) mass is 448 g/mol. The maximum atomic E-state index is 13.8. The van der Waals surface area contributed by atoms with Crippen molar-refractivity contribution in [2.45, 2.75) is 13.8 Å². The van der Waals surface area contributed by atoms with Crippen LogP contribution in [0.3, 0.4) is 0 Å². The minimum absolute atomic E-state index is 0.246. The number of anilines is 2. The summed E-state index contributed by atoms with van der Waals surface area (Å²) >= 11 is 0. The molecule has 0 spiro atoms. The molecule has 0 saturated heterocycles. The third-order valence-electron chi connectivity index (χ3n) is 5.85. The van der Waals surface area contributed by atoms with E-state index in [9.17, 15) is 9.59 Å². The Morgan fingerprint density at radius 3 is 2.35 bits per heavy atom. The number of nitrogens with zero attached hydrogens (tertiary/aromatic N) is 1. The van der Waals surface area contributed by atoms with Crippen molar-refractivity contribution in [2.75, 3.05) is 16.8 Å². The number of rotatable bonds is 6. The molecule has 0 aromatic heterocycles. The third kappa shape index (κ3) is 3.82. The van der Waals surface area contributed by atoms with Crippen molar-refractivity contribution in [2.24, 2.45) is 0 Å². The van der Waals surface area contributed by atoms with E-state index in [2.05, 4.69) is 5.32 Å². The summed E-state index contributed by atoms with van der Waals surface area (Å²) in [7, 11) is 0. The largest absolute Gasteiger partial charge is 0.494 e. The molecule has 5 rings (SSSR count). The molecule has 0 saturated carbocycles. The van der Waals surface area contributed by atoms with Crippen molar-refractivity contribution in [3.05, 3.63) is 108 Å². The predicted octanol–water partition coefficient (Wildman–Crippen LogP) is 5.94. The van der Waals surface area contributed by atoms with Gasteiger partial charge in [-0.25, -0.2) is 4.90 Å². The highest BCUT2D eigenvalue weighted by Crippen LogP contribution is 2.37. The molecule has 0 bridgehead atoms. The number of hydrogen-bond donors (Lipinski definition) is 1. The number of aryl methyl sites for hydroxylation is 1. The van der Waals surface area contributed by atoms with Crippen LogP contribution in [0.5, 0.6) is 5.75 Å². The molecule has 0 fully saturated rings. The molecule has 1 aliphatic rings. The van der Waals surface area contributed by atoms with Gasteiger partial charge in [0.1, 0.15) is 11.4 Å². The second kappa shape index (κ2) is 8.87. The molecule has 5 nitrogen and oxygen atoms in total. The van der Waals surface area contributed by atoms with Crippen molar-refractivity contribution < 1.29 is 14.3 Å². The first-order valence-electron chi connectivity index (χ1n) is 11.2. The first-order valence-corrected chi connectivity index (χ1v) is 11.2. The number of hydrogen-bond acceptors (Lipinski definition) is 4. The lowest BCUT2D eigenvalue weighted by molar-refractivity contribution is -0.120. The topological polar surface area (TPSA) is 58.6 Å². The maximum Gasteiger partial charge on any atom is 0.282 e. The highest BCUT2D eigenvalue weighted by Gasteiger charge is 2.40. The van der Waals surface area contributed by atoms with E-state index in [4.69, 9.17) is 4.74 Å². The van der Waals surface area contributed by atoms with Crippen LogP contribution in [0.25, 0.3) is 16.3 Å². The lowest BCUT2D eigenvalue weighted by Gasteiger charge is -2.18. The van der Waals surface area contributed by atoms with E-state index in [1.807, 2.05) is 105 Å². The number of fused-ring (bicyclic) bond motifs is 1. The molecule has 4 aromatic carbocycles. The quantitative estimate of drug-likeness (QED) is 0.371. The van der Waals surface area contributed by atoms with Gasteiger partial charge in [0.2, 0.25) is 0 Å². The van der Waals surface area contributed by atoms with Crippen molar-refractivity contribution in [1.29, 1.82) is 0 Å². The van der Waals surface area contributed by atoms with Gasteiger partial charge in [-0.05, 0) is 43.0 Å². The van der Waals surface area contributed by atoms with Gasteiger partial charge in [0.25, 0.3) is 11.8 Å². The Bertz CT molecular complexity index is 1430. The Hall–Kier alpha value is -4.38. The van der Waals surface area contributed by atoms with E-state index in [1.54, 1.807) is 0 Å². The Morgan fingerprint density at radius 2 is 1.56 bits per heavy atom. The van der Waals surface area contributed by atoms with Crippen LogP contribution in [-0.2, 0) is 9.59 Å². The average molecular weight is 449 g/mol. The van der Waals surface area contributed by atoms with Gasteiger partial charge in [0.05, 0.1) is 17.9 Å². The number of imide groups is 1. The van der Waals surface area contributed by atoms with Crippen LogP contribution in [-0.4, -0.2) is 18.4 Å². The first kappa shape index (κ1) is 21.5. The molecule has 0 atom stereocenters. The van der Waals surface area contributed by atoms with E-state index >= 15 is 0 Å². The lowest BCUT2D eigenvalue weighted by Crippen LogP contribution is -2.32. The summed E-state index contributed by atoms with van der Waals surface area (Å²) in [6.45, 7) is 4.44. The Kier molecular flexibility index (Phi) is 5.60. The fourth-order valence-corrected chi connectivity index (χ4v) is 4.23. The van der Waals surface area contributed by atoms with Gasteiger partial charge in [-0.15, -0.1) is 0 Å². The van der Waals surface area contributed by atoms with Crippen LogP contribution in [0, 0.1) is 6.92 Å². The van der Waals surface area contributed by atoms with Gasteiger partial charge in [0.15, 0.2) is 0 Å². The van der Waals surface area contributed by atoms with Crippen molar-refractivity contribution in [1.82, 2.24) is 0 Å². The standard InChI is InChI=1S/C29H24N2O3/c1-3-34-23-11-7-10-22(18-23)30-27-26(21-16-14-19(2)15-17-21)28(32)31(29(27)33)25-13-6-9-20-8-4-5-12-24(20)25/h4-18,30H,3H2,1-2H3. The Balaban J connectivity index is 1.63. The average Bonchev–Trinajstić information content (AvgIpc) is 3.09. The predicted molar refractivity (Wildman–Crippen MR) is 136 cm³/mol. The zero-order valence-electron chi connectivity index (χ0n) is 19.0. The lowest BCUT2D eigenvalue weighted by atomic mass is 10.0. The fraction of sp³-hybridized carbons (Fsp3) is 0.103. The van der Waals surface area contributed by atoms with Crippen LogP contribution < -0.4 is 15.0 Å². The van der Waals surface area contributed by atoms with Crippen LogP contribution in [0.1, 0.15) is 18.1 Å². The molecular formula is C29H24N2O3. The van der Waals surface area contributed by atoms with Gasteiger partial charge in [0, 0.05) is 17.1 Å². The van der Waals surface area contributed by atoms with Crippen LogP contribution >= 0.6 is 0 Å². The summed E-state index contributed by atoms with van der Waals surface area (Å²) < 4.78 is 5.60. The summed E-state index contributed by atoms with van der Waals surface area (Å²) in [5, 5.41) is 5.02. The van der Waals surface area contributed by atoms with E-state index in [0.29, 0.717) is 34.9 Å². The number of nitrogens with one attached hydrogen (secondary N) is 1. The second-order valence-electron chi connectivity index (χ2n) is 8.15. The molecule has 5 heteroatoms. The number of carbonyl (C=O) groups is 2. The van der Waals surface area contributed by atoms with Gasteiger partial charge in [-0.3, -0.25) is 9.59 Å². The molecule has 0 unspecified atom stereocenters. The van der Waals surface area contributed by atoms with Gasteiger partial charge in [-0.2, -0.15) is 0 Å². The van der Waals surface area contributed by atoms with Crippen molar-refractivity contribution in [3.8, 4) is 5.75 Å². The Labute approximate surface area is 198 Å². The summed E-state index contributed by atoms with van der Waals surface area (Å²) in [5.74, 6) is -0.0555. The van der Waals surface area contributed by atoms with Crippen LogP contribution in [0.2, 0.25) is 0 Å². The maximum absolute atomic E-state index is 13.8. The summed E-state index contributed by atoms with van der Waals surface area (Å²) in [6, 6.07) is 28.4. The highest BCUT2D eigenvalue weighted by atomic mass is 16.5. The highest BCUT2D eigenvalue weighted by molar-refractivity contribution is 6.47. The van der Waals surface area contributed by atoms with Crippen molar-refractivity contribution >= 4 is 39.5 Å². The van der Waals surface area contributed by atoms with Crippen molar-refractivity contribution in [3.63, 3.8) is 0 Å². The summed E-state index contributed by atoms with van der Waals surface area (Å²) in [5.41, 5.74) is 3.60. The smallest absolute Gasteiger partial charge is 0.282 e. The van der Waals surface area contributed by atoms with Gasteiger partial charge < -0.3 is 10.1 Å². The summed E-state index contributed by atoms with van der Waals surface area (Å²) in [4.78, 5) is 28.8. The summed E-state index contributed by atoms with van der Waals surface area (Å²) in [6.07, 6.45) is 0. The van der Waals surface area contributed by atoms with Gasteiger partial charge >= 0.3 is 0 Å².